The minimum Gasteiger partial charge on any atom is -0.258 e. The van der Waals surface area contributed by atoms with Gasteiger partial charge in [0.05, 0.1) is 10.6 Å². The predicted molar refractivity (Wildman–Crippen MR) is 56.2 cm³/mol. The van der Waals surface area contributed by atoms with Crippen molar-refractivity contribution in [2.75, 3.05) is 0 Å². The second-order valence-electron chi connectivity index (χ2n) is 2.53. The van der Waals surface area contributed by atoms with Gasteiger partial charge in [0.2, 0.25) is 0 Å². The minimum atomic E-state index is -2.90. The fourth-order valence-corrected chi connectivity index (χ4v) is 1.88. The van der Waals surface area contributed by atoms with E-state index in [0.717, 1.165) is 6.07 Å². The van der Waals surface area contributed by atoms with E-state index < -0.39 is 22.6 Å². The zero-order chi connectivity index (χ0) is 11.6. The van der Waals surface area contributed by atoms with Crippen molar-refractivity contribution in [1.29, 1.82) is 0 Å². The number of nitrogens with zero attached hydrogens (tertiary/aromatic N) is 2. The maximum atomic E-state index is 12.5. The average molecular weight is 346 g/mol. The number of hydrogen-bond acceptors (Lipinski definition) is 3. The Balaban J connectivity index is 3.42. The third-order valence-corrected chi connectivity index (χ3v) is 2.71. The van der Waals surface area contributed by atoms with Crippen LogP contribution in [0.2, 0.25) is 0 Å². The summed E-state index contributed by atoms with van der Waals surface area (Å²) in [7, 11) is 0. The summed E-state index contributed by atoms with van der Waals surface area (Å²) in [6.07, 6.45) is -2.90. The summed E-state index contributed by atoms with van der Waals surface area (Å²) in [6.45, 7) is 0. The van der Waals surface area contributed by atoms with Gasteiger partial charge in [-0.25, -0.2) is 13.8 Å². The number of rotatable bonds is 3. The quantitative estimate of drug-likeness (QED) is 0.364. The Hall–Kier alpha value is -0.630. The van der Waals surface area contributed by atoms with Gasteiger partial charge in [-0.1, -0.05) is 15.9 Å². The molecule has 82 valence electrons. The number of aromatic nitrogens is 1. The van der Waals surface area contributed by atoms with Gasteiger partial charge >= 0.3 is 5.69 Å². The molecular formula is C7H4Br2F2N2O2. The Kier molecular flexibility index (Phi) is 4.09. The van der Waals surface area contributed by atoms with E-state index in [1.54, 1.807) is 0 Å². The highest BCUT2D eigenvalue weighted by molar-refractivity contribution is 9.10. The summed E-state index contributed by atoms with van der Waals surface area (Å²) in [5, 5.41) is 10.8. The third kappa shape index (κ3) is 2.69. The molecule has 0 saturated heterocycles. The first-order valence-corrected chi connectivity index (χ1v) is 5.56. The van der Waals surface area contributed by atoms with E-state index in [4.69, 9.17) is 0 Å². The van der Waals surface area contributed by atoms with Gasteiger partial charge < -0.3 is 0 Å². The van der Waals surface area contributed by atoms with Crippen LogP contribution < -0.4 is 0 Å². The van der Waals surface area contributed by atoms with E-state index in [1.807, 2.05) is 0 Å². The van der Waals surface area contributed by atoms with Crippen molar-refractivity contribution in [1.82, 2.24) is 4.98 Å². The average Bonchev–Trinajstić information content (AvgIpc) is 2.15. The number of pyridine rings is 1. The minimum absolute atomic E-state index is 0.181. The van der Waals surface area contributed by atoms with Gasteiger partial charge in [0.15, 0.2) is 4.60 Å². The van der Waals surface area contributed by atoms with E-state index in [-0.39, 0.29) is 9.93 Å². The second-order valence-corrected chi connectivity index (χ2v) is 3.85. The molecular weight excluding hydrogens is 342 g/mol. The van der Waals surface area contributed by atoms with Gasteiger partial charge in [-0.15, -0.1) is 0 Å². The van der Waals surface area contributed by atoms with Crippen molar-refractivity contribution >= 4 is 37.5 Å². The Labute approximate surface area is 100 Å². The zero-order valence-corrected chi connectivity index (χ0v) is 10.3. The standard InChI is InChI=1S/C7H4Br2F2N2O2/c8-2-3-1-4(7(10)11)5(13(14)15)6(9)12-3/h1,7H,2H2. The van der Waals surface area contributed by atoms with Crippen LogP contribution >= 0.6 is 31.9 Å². The number of halogens is 4. The highest BCUT2D eigenvalue weighted by Crippen LogP contribution is 2.34. The third-order valence-electron chi connectivity index (χ3n) is 1.59. The molecule has 0 bridgehead atoms. The van der Waals surface area contributed by atoms with Crippen LogP contribution in [0.5, 0.6) is 0 Å². The Morgan fingerprint density at radius 1 is 1.60 bits per heavy atom. The van der Waals surface area contributed by atoms with E-state index in [0.29, 0.717) is 5.69 Å². The normalized spacial score (nSPS) is 10.7. The maximum absolute atomic E-state index is 12.5. The van der Waals surface area contributed by atoms with Crippen molar-refractivity contribution in [3.63, 3.8) is 0 Å². The van der Waals surface area contributed by atoms with E-state index >= 15 is 0 Å². The van der Waals surface area contributed by atoms with Gasteiger partial charge in [0.1, 0.15) is 5.56 Å². The van der Waals surface area contributed by atoms with Gasteiger partial charge in [0, 0.05) is 5.33 Å². The Morgan fingerprint density at radius 2 is 2.20 bits per heavy atom. The maximum Gasteiger partial charge on any atom is 0.310 e. The lowest BCUT2D eigenvalue weighted by Crippen LogP contribution is -2.01. The molecule has 8 heteroatoms. The molecule has 0 atom stereocenters. The van der Waals surface area contributed by atoms with Gasteiger partial charge in [-0.05, 0) is 22.0 Å². The molecule has 0 spiro atoms. The Bertz CT molecular complexity index is 401. The summed E-state index contributed by atoms with van der Waals surface area (Å²) in [5.74, 6) is 0. The van der Waals surface area contributed by atoms with E-state index in [1.165, 1.54) is 0 Å². The number of alkyl halides is 3. The highest BCUT2D eigenvalue weighted by Gasteiger charge is 2.26. The van der Waals surface area contributed by atoms with Crippen molar-refractivity contribution in [2.45, 2.75) is 11.8 Å². The van der Waals surface area contributed by atoms with E-state index in [2.05, 4.69) is 36.8 Å². The van der Waals surface area contributed by atoms with Crippen LogP contribution in [-0.2, 0) is 5.33 Å². The molecule has 0 N–H and O–H groups in total. The number of hydrogen-bond donors (Lipinski definition) is 0. The molecule has 4 nitrogen and oxygen atoms in total. The Morgan fingerprint density at radius 3 is 2.60 bits per heavy atom. The lowest BCUT2D eigenvalue weighted by atomic mass is 10.2. The summed E-state index contributed by atoms with van der Waals surface area (Å²) in [6, 6.07) is 1.02. The molecule has 0 aliphatic rings. The molecule has 0 amide bonds. The summed E-state index contributed by atoms with van der Waals surface area (Å²) in [4.78, 5) is 13.4. The van der Waals surface area contributed by atoms with Crippen LogP contribution in [0.15, 0.2) is 10.7 Å². The molecule has 0 aliphatic carbocycles. The van der Waals surface area contributed by atoms with Gasteiger partial charge in [-0.3, -0.25) is 10.1 Å². The largest absolute Gasteiger partial charge is 0.310 e. The SMILES string of the molecule is O=[N+]([O-])c1c(C(F)F)cc(CBr)nc1Br. The van der Waals surface area contributed by atoms with Gasteiger partial charge in [-0.2, -0.15) is 0 Å². The monoisotopic (exact) mass is 344 g/mol. The van der Waals surface area contributed by atoms with Crippen LogP contribution in [-0.4, -0.2) is 9.91 Å². The molecule has 1 aromatic heterocycles. The molecule has 0 aliphatic heterocycles. The fourth-order valence-electron chi connectivity index (χ4n) is 0.994. The predicted octanol–water partition coefficient (Wildman–Crippen LogP) is 3.58. The van der Waals surface area contributed by atoms with E-state index in [9.17, 15) is 18.9 Å². The van der Waals surface area contributed by atoms with Crippen LogP contribution in [0.3, 0.4) is 0 Å². The molecule has 1 rings (SSSR count). The molecule has 15 heavy (non-hydrogen) atoms. The first-order chi connectivity index (χ1) is 6.97. The molecule has 1 aromatic rings. The van der Waals surface area contributed by atoms with Crippen LogP contribution in [0.1, 0.15) is 17.7 Å². The summed E-state index contributed by atoms with van der Waals surface area (Å²) < 4.78 is 24.9. The summed E-state index contributed by atoms with van der Waals surface area (Å²) in [5.41, 5.74) is -1.01. The van der Waals surface area contributed by atoms with Crippen molar-refractivity contribution in [3.8, 4) is 0 Å². The number of nitro groups is 1. The zero-order valence-electron chi connectivity index (χ0n) is 7.08. The van der Waals surface area contributed by atoms with Crippen LogP contribution in [0.25, 0.3) is 0 Å². The van der Waals surface area contributed by atoms with Crippen molar-refractivity contribution in [2.24, 2.45) is 0 Å². The van der Waals surface area contributed by atoms with Crippen molar-refractivity contribution < 1.29 is 13.7 Å². The summed E-state index contributed by atoms with van der Waals surface area (Å²) >= 11 is 5.84. The fraction of sp³-hybridized carbons (Fsp3) is 0.286. The molecule has 0 saturated carbocycles. The first-order valence-electron chi connectivity index (χ1n) is 3.65. The van der Waals surface area contributed by atoms with Crippen molar-refractivity contribution in [3.05, 3.63) is 32.0 Å². The topological polar surface area (TPSA) is 56.0 Å². The molecule has 0 radical (unpaired) electrons. The first kappa shape index (κ1) is 12.4. The van der Waals surface area contributed by atoms with Crippen LogP contribution in [0, 0.1) is 10.1 Å². The smallest absolute Gasteiger partial charge is 0.258 e. The second kappa shape index (κ2) is 4.93. The van der Waals surface area contributed by atoms with Gasteiger partial charge in [0.25, 0.3) is 6.43 Å². The molecule has 0 unspecified atom stereocenters. The molecule has 0 aromatic carbocycles. The lowest BCUT2D eigenvalue weighted by Gasteiger charge is -2.05. The lowest BCUT2D eigenvalue weighted by molar-refractivity contribution is -0.387. The molecule has 0 fully saturated rings. The highest BCUT2D eigenvalue weighted by atomic mass is 79.9. The molecule has 1 heterocycles. The van der Waals surface area contributed by atoms with Crippen LogP contribution in [0.4, 0.5) is 14.5 Å².